The fourth-order valence-electron chi connectivity index (χ4n) is 1.07. The number of nitro groups is 2. The molecular formula is C8H2N4O4. The topological polar surface area (TPSA) is 134 Å². The highest BCUT2D eigenvalue weighted by Crippen LogP contribution is 2.27. The molecule has 1 aromatic rings. The van der Waals surface area contributed by atoms with Gasteiger partial charge in [0.25, 0.3) is 11.4 Å². The molecule has 78 valence electrons. The quantitative estimate of drug-likeness (QED) is 0.541. The van der Waals surface area contributed by atoms with Crippen LogP contribution in [0.2, 0.25) is 0 Å². The summed E-state index contributed by atoms with van der Waals surface area (Å²) in [6, 6.07) is 4.46. The van der Waals surface area contributed by atoms with Crippen LogP contribution in [0.25, 0.3) is 0 Å². The first-order valence-corrected chi connectivity index (χ1v) is 3.78. The van der Waals surface area contributed by atoms with E-state index in [0.717, 1.165) is 6.07 Å². The molecule has 0 bridgehead atoms. The van der Waals surface area contributed by atoms with Crippen LogP contribution in [0.5, 0.6) is 0 Å². The van der Waals surface area contributed by atoms with Crippen molar-refractivity contribution in [3.8, 4) is 12.1 Å². The van der Waals surface area contributed by atoms with E-state index in [1.807, 2.05) is 0 Å². The molecule has 0 aliphatic heterocycles. The molecule has 1 rings (SSSR count). The minimum atomic E-state index is -0.938. The first-order chi connectivity index (χ1) is 7.51. The van der Waals surface area contributed by atoms with Gasteiger partial charge in [-0.2, -0.15) is 10.5 Å². The molecule has 0 fully saturated rings. The Morgan fingerprint density at radius 3 is 2.06 bits per heavy atom. The van der Waals surface area contributed by atoms with Gasteiger partial charge >= 0.3 is 0 Å². The van der Waals surface area contributed by atoms with Crippen molar-refractivity contribution in [1.29, 1.82) is 10.5 Å². The maximum atomic E-state index is 10.5. The molecular weight excluding hydrogens is 216 g/mol. The summed E-state index contributed by atoms with van der Waals surface area (Å²) in [6.45, 7) is 0. The molecule has 1 aromatic carbocycles. The molecule has 0 saturated carbocycles. The van der Waals surface area contributed by atoms with Crippen molar-refractivity contribution in [3.63, 3.8) is 0 Å². The molecule has 0 aliphatic carbocycles. The molecule has 0 saturated heterocycles. The number of nitro benzene ring substituents is 2. The fraction of sp³-hybridized carbons (Fsp3) is 0. The molecule has 0 N–H and O–H groups in total. The number of benzene rings is 1. The van der Waals surface area contributed by atoms with E-state index < -0.39 is 26.8 Å². The van der Waals surface area contributed by atoms with Crippen molar-refractivity contribution in [2.24, 2.45) is 0 Å². The highest BCUT2D eigenvalue weighted by Gasteiger charge is 2.23. The van der Waals surface area contributed by atoms with Gasteiger partial charge in [-0.3, -0.25) is 20.2 Å². The lowest BCUT2D eigenvalue weighted by molar-refractivity contribution is -0.394. The van der Waals surface area contributed by atoms with E-state index in [2.05, 4.69) is 0 Å². The van der Waals surface area contributed by atoms with Crippen LogP contribution in [0.1, 0.15) is 11.1 Å². The van der Waals surface area contributed by atoms with Crippen molar-refractivity contribution in [2.75, 3.05) is 0 Å². The Labute approximate surface area is 88.3 Å². The fourth-order valence-corrected chi connectivity index (χ4v) is 1.07. The largest absolute Gasteiger partial charge is 0.295 e. The lowest BCUT2D eigenvalue weighted by Gasteiger charge is -1.97. The lowest BCUT2D eigenvalue weighted by atomic mass is 10.1. The summed E-state index contributed by atoms with van der Waals surface area (Å²) in [5.41, 5.74) is -2.20. The minimum Gasteiger partial charge on any atom is -0.258 e. The number of nitriles is 2. The van der Waals surface area contributed by atoms with Gasteiger partial charge in [0.15, 0.2) is 0 Å². The van der Waals surface area contributed by atoms with Crippen LogP contribution in [0.4, 0.5) is 11.4 Å². The molecule has 0 spiro atoms. The molecule has 0 heterocycles. The Balaban J connectivity index is 3.66. The average Bonchev–Trinajstić information content (AvgIpc) is 2.26. The highest BCUT2D eigenvalue weighted by molar-refractivity contribution is 5.62. The molecule has 8 nitrogen and oxygen atoms in total. The third-order valence-corrected chi connectivity index (χ3v) is 1.74. The van der Waals surface area contributed by atoms with Gasteiger partial charge in [0.2, 0.25) is 0 Å². The summed E-state index contributed by atoms with van der Waals surface area (Å²) in [6.07, 6.45) is 0. The summed E-state index contributed by atoms with van der Waals surface area (Å²) in [4.78, 5) is 19.2. The second kappa shape index (κ2) is 4.02. The third kappa shape index (κ3) is 1.76. The first kappa shape index (κ1) is 11.1. The number of rotatable bonds is 2. The van der Waals surface area contributed by atoms with Crippen molar-refractivity contribution >= 4 is 11.4 Å². The highest BCUT2D eigenvalue weighted by atomic mass is 16.6. The maximum absolute atomic E-state index is 10.5. The van der Waals surface area contributed by atoms with Gasteiger partial charge in [-0.25, -0.2) is 0 Å². The van der Waals surface area contributed by atoms with Crippen molar-refractivity contribution < 1.29 is 9.85 Å². The third-order valence-electron chi connectivity index (χ3n) is 1.74. The first-order valence-electron chi connectivity index (χ1n) is 3.78. The second-order valence-corrected chi connectivity index (χ2v) is 2.63. The van der Waals surface area contributed by atoms with Gasteiger partial charge in [-0.1, -0.05) is 0 Å². The Hall–Kier alpha value is -3.00. The molecule has 0 aromatic heterocycles. The molecule has 0 aliphatic rings. The van der Waals surface area contributed by atoms with Crippen LogP contribution in [0.3, 0.4) is 0 Å². The van der Waals surface area contributed by atoms with Crippen molar-refractivity contribution in [1.82, 2.24) is 0 Å². The summed E-state index contributed by atoms with van der Waals surface area (Å²) < 4.78 is 0. The maximum Gasteiger partial charge on any atom is 0.295 e. The molecule has 16 heavy (non-hydrogen) atoms. The summed E-state index contributed by atoms with van der Waals surface area (Å²) in [5, 5.41) is 38.2. The molecule has 0 unspecified atom stereocenters. The SMILES string of the molecule is N#Cc1cc([N+](=O)[O-])cc([N+](=O)[O-])c1C#N. The normalized spacial score (nSPS) is 8.88. The number of non-ortho nitro benzene ring substituents is 1. The van der Waals surface area contributed by atoms with Crippen LogP contribution in [-0.4, -0.2) is 9.85 Å². The van der Waals surface area contributed by atoms with Crippen LogP contribution >= 0.6 is 0 Å². The van der Waals surface area contributed by atoms with E-state index in [4.69, 9.17) is 10.5 Å². The van der Waals surface area contributed by atoms with E-state index in [1.165, 1.54) is 12.1 Å². The Morgan fingerprint density at radius 2 is 1.69 bits per heavy atom. The Bertz CT molecular complexity index is 567. The van der Waals surface area contributed by atoms with E-state index in [-0.39, 0.29) is 5.56 Å². The zero-order valence-electron chi connectivity index (χ0n) is 7.58. The van der Waals surface area contributed by atoms with Gasteiger partial charge in [0.05, 0.1) is 21.5 Å². The number of hydrogen-bond donors (Lipinski definition) is 0. The number of nitrogens with zero attached hydrogens (tertiary/aromatic N) is 4. The molecule has 0 atom stereocenters. The van der Waals surface area contributed by atoms with Gasteiger partial charge in [-0.05, 0) is 0 Å². The van der Waals surface area contributed by atoms with Crippen LogP contribution in [-0.2, 0) is 0 Å². The predicted molar refractivity (Wildman–Crippen MR) is 49.2 cm³/mol. The van der Waals surface area contributed by atoms with E-state index in [0.29, 0.717) is 6.07 Å². The second-order valence-electron chi connectivity index (χ2n) is 2.63. The van der Waals surface area contributed by atoms with E-state index in [1.54, 1.807) is 0 Å². The summed E-state index contributed by atoms with van der Waals surface area (Å²) >= 11 is 0. The monoisotopic (exact) mass is 218 g/mol. The Morgan fingerprint density at radius 1 is 1.06 bits per heavy atom. The molecule has 0 amide bonds. The molecule has 8 heteroatoms. The van der Waals surface area contributed by atoms with Crippen LogP contribution < -0.4 is 0 Å². The zero-order valence-corrected chi connectivity index (χ0v) is 7.58. The van der Waals surface area contributed by atoms with Gasteiger partial charge in [-0.15, -0.1) is 0 Å². The zero-order chi connectivity index (χ0) is 12.3. The molecule has 0 radical (unpaired) electrons. The van der Waals surface area contributed by atoms with Crippen molar-refractivity contribution in [3.05, 3.63) is 43.5 Å². The van der Waals surface area contributed by atoms with Crippen LogP contribution in [0.15, 0.2) is 12.1 Å². The van der Waals surface area contributed by atoms with E-state index >= 15 is 0 Å². The smallest absolute Gasteiger partial charge is 0.258 e. The van der Waals surface area contributed by atoms with Gasteiger partial charge < -0.3 is 0 Å². The van der Waals surface area contributed by atoms with Gasteiger partial charge in [0, 0.05) is 6.07 Å². The van der Waals surface area contributed by atoms with Crippen molar-refractivity contribution in [2.45, 2.75) is 0 Å². The standard InChI is InChI=1S/C8H2N4O4/c9-3-5-1-6(11(13)14)2-8(12(15)16)7(5)4-10/h1-2H. The lowest BCUT2D eigenvalue weighted by Crippen LogP contribution is -1.98. The predicted octanol–water partition coefficient (Wildman–Crippen LogP) is 1.25. The van der Waals surface area contributed by atoms with Crippen LogP contribution in [0, 0.1) is 42.9 Å². The Kier molecular flexibility index (Phi) is 2.78. The summed E-state index contributed by atoms with van der Waals surface area (Å²) in [7, 11) is 0. The average molecular weight is 218 g/mol. The van der Waals surface area contributed by atoms with Gasteiger partial charge in [0.1, 0.15) is 17.7 Å². The minimum absolute atomic E-state index is 0.386. The van der Waals surface area contributed by atoms with E-state index in [9.17, 15) is 20.2 Å². The number of hydrogen-bond acceptors (Lipinski definition) is 6. The summed E-state index contributed by atoms with van der Waals surface area (Å²) in [5.74, 6) is 0.